The Hall–Kier alpha value is -1.35. The van der Waals surface area contributed by atoms with E-state index < -0.39 is 0 Å². The summed E-state index contributed by atoms with van der Waals surface area (Å²) in [6, 6.07) is 9.88. The maximum absolute atomic E-state index is 11.6. The molecule has 1 N–H and O–H groups in total. The molecule has 1 aromatic rings. The van der Waals surface area contributed by atoms with Crippen LogP contribution in [0.5, 0.6) is 0 Å². The monoisotopic (exact) mass is 235 g/mol. The Morgan fingerprint density at radius 3 is 2.41 bits per heavy atom. The van der Waals surface area contributed by atoms with Gasteiger partial charge >= 0.3 is 0 Å². The fourth-order valence-electron chi connectivity index (χ4n) is 1.39. The topological polar surface area (TPSA) is 38.3 Å². The van der Waals surface area contributed by atoms with Gasteiger partial charge in [0, 0.05) is 0 Å². The maximum Gasteiger partial charge on any atom is 0.246 e. The molecule has 0 saturated heterocycles. The largest absolute Gasteiger partial charge is 0.366 e. The van der Waals surface area contributed by atoms with E-state index in [1.54, 1.807) is 0 Å². The van der Waals surface area contributed by atoms with Crippen molar-refractivity contribution in [1.29, 1.82) is 0 Å². The van der Waals surface area contributed by atoms with Crippen molar-refractivity contribution >= 4 is 5.91 Å². The van der Waals surface area contributed by atoms with Gasteiger partial charge in [-0.3, -0.25) is 4.79 Å². The molecule has 0 heterocycles. The molecule has 3 heteroatoms. The zero-order valence-electron chi connectivity index (χ0n) is 11.0. The first-order valence-electron chi connectivity index (χ1n) is 5.87. The third-order valence-electron chi connectivity index (χ3n) is 2.31. The summed E-state index contributed by atoms with van der Waals surface area (Å²) in [5.41, 5.74) is 0.810. The number of hydrogen-bond donors (Lipinski definition) is 1. The quantitative estimate of drug-likeness (QED) is 0.871. The number of carbonyl (C=O) groups excluding carboxylic acids is 1. The third kappa shape index (κ3) is 5.50. The molecule has 0 spiro atoms. The second-order valence-corrected chi connectivity index (χ2v) is 5.10. The van der Waals surface area contributed by atoms with Gasteiger partial charge in [-0.05, 0) is 33.3 Å². The summed E-state index contributed by atoms with van der Waals surface area (Å²) in [5, 5.41) is 2.90. The minimum absolute atomic E-state index is 0.00673. The molecule has 0 aliphatic carbocycles. The van der Waals surface area contributed by atoms with Gasteiger partial charge in [-0.15, -0.1) is 0 Å². The smallest absolute Gasteiger partial charge is 0.246 e. The van der Waals surface area contributed by atoms with Gasteiger partial charge in [0.05, 0.1) is 11.6 Å². The van der Waals surface area contributed by atoms with Gasteiger partial charge in [0.1, 0.15) is 6.61 Å². The number of rotatable bonds is 4. The van der Waals surface area contributed by atoms with Gasteiger partial charge in [-0.2, -0.15) is 0 Å². The number of carbonyl (C=O) groups is 1. The van der Waals surface area contributed by atoms with E-state index in [4.69, 9.17) is 4.74 Å². The van der Waals surface area contributed by atoms with Crippen molar-refractivity contribution in [2.45, 2.75) is 39.3 Å². The molecular formula is C14H21NO2. The molecule has 0 aromatic heterocycles. The van der Waals surface area contributed by atoms with Crippen LogP contribution in [0.4, 0.5) is 0 Å². The number of hydrogen-bond acceptors (Lipinski definition) is 2. The second-order valence-electron chi connectivity index (χ2n) is 5.10. The molecule has 0 saturated carbocycles. The molecule has 17 heavy (non-hydrogen) atoms. The van der Waals surface area contributed by atoms with E-state index in [-0.39, 0.29) is 24.2 Å². The lowest BCUT2D eigenvalue weighted by atomic mass is 10.1. The molecule has 1 atom stereocenters. The van der Waals surface area contributed by atoms with Crippen molar-refractivity contribution in [1.82, 2.24) is 5.32 Å². The van der Waals surface area contributed by atoms with Crippen LogP contribution < -0.4 is 5.32 Å². The summed E-state index contributed by atoms with van der Waals surface area (Å²) in [7, 11) is 0. The normalized spacial score (nSPS) is 13.2. The van der Waals surface area contributed by atoms with Crippen LogP contribution in [0.2, 0.25) is 0 Å². The highest BCUT2D eigenvalue weighted by Gasteiger charge is 2.14. The zero-order chi connectivity index (χ0) is 12.9. The molecular weight excluding hydrogens is 214 g/mol. The molecule has 1 unspecified atom stereocenters. The van der Waals surface area contributed by atoms with E-state index in [2.05, 4.69) is 5.32 Å². The van der Waals surface area contributed by atoms with Crippen LogP contribution in [0.15, 0.2) is 30.3 Å². The van der Waals surface area contributed by atoms with Crippen molar-refractivity contribution in [2.75, 3.05) is 6.61 Å². The Bertz CT molecular complexity index is 354. The Kier molecular flexibility index (Phi) is 4.70. The van der Waals surface area contributed by atoms with Gasteiger partial charge in [0.25, 0.3) is 0 Å². The average molecular weight is 235 g/mol. The van der Waals surface area contributed by atoms with Crippen molar-refractivity contribution in [3.63, 3.8) is 0 Å². The van der Waals surface area contributed by atoms with Gasteiger partial charge < -0.3 is 10.1 Å². The second kappa shape index (κ2) is 5.82. The van der Waals surface area contributed by atoms with Gasteiger partial charge in [0.2, 0.25) is 5.91 Å². The molecule has 1 aromatic carbocycles. The summed E-state index contributed by atoms with van der Waals surface area (Å²) in [6.07, 6.45) is 0. The molecule has 0 bridgehead atoms. The Labute approximate surface area is 103 Å². The standard InChI is InChI=1S/C14H21NO2/c1-11(12-8-6-5-7-9-12)15-13(16)10-17-14(2,3)4/h5-9,11H,10H2,1-4H3,(H,15,16). The molecule has 0 fully saturated rings. The van der Waals surface area contributed by atoms with Crippen LogP contribution in [0.1, 0.15) is 39.3 Å². The van der Waals surface area contributed by atoms with Crippen molar-refractivity contribution in [3.8, 4) is 0 Å². The van der Waals surface area contributed by atoms with Crippen LogP contribution in [0, 0.1) is 0 Å². The molecule has 3 nitrogen and oxygen atoms in total. The highest BCUT2D eigenvalue weighted by molar-refractivity contribution is 5.77. The average Bonchev–Trinajstić information content (AvgIpc) is 2.27. The van der Waals surface area contributed by atoms with E-state index in [1.165, 1.54) is 0 Å². The Morgan fingerprint density at radius 1 is 1.29 bits per heavy atom. The summed E-state index contributed by atoms with van der Waals surface area (Å²) in [4.78, 5) is 11.6. The highest BCUT2D eigenvalue weighted by atomic mass is 16.5. The minimum atomic E-state index is -0.284. The Balaban J connectivity index is 2.42. The van der Waals surface area contributed by atoms with Gasteiger partial charge in [-0.1, -0.05) is 30.3 Å². The fraction of sp³-hybridized carbons (Fsp3) is 0.500. The zero-order valence-corrected chi connectivity index (χ0v) is 11.0. The molecule has 1 amide bonds. The molecule has 0 aliphatic rings. The van der Waals surface area contributed by atoms with Crippen molar-refractivity contribution in [3.05, 3.63) is 35.9 Å². The van der Waals surface area contributed by atoms with Crippen LogP contribution >= 0.6 is 0 Å². The molecule has 0 aliphatic heterocycles. The van der Waals surface area contributed by atoms with E-state index in [9.17, 15) is 4.79 Å². The van der Waals surface area contributed by atoms with Crippen LogP contribution in [-0.2, 0) is 9.53 Å². The predicted molar refractivity (Wildman–Crippen MR) is 68.7 cm³/mol. The minimum Gasteiger partial charge on any atom is -0.366 e. The number of ether oxygens (including phenoxy) is 1. The summed E-state index contributed by atoms with van der Waals surface area (Å²) in [6.45, 7) is 7.85. The van der Waals surface area contributed by atoms with Crippen molar-refractivity contribution in [2.24, 2.45) is 0 Å². The lowest BCUT2D eigenvalue weighted by molar-refractivity contribution is -0.131. The molecule has 0 radical (unpaired) electrons. The van der Waals surface area contributed by atoms with E-state index in [0.29, 0.717) is 0 Å². The predicted octanol–water partition coefficient (Wildman–Crippen LogP) is 2.68. The molecule has 1 rings (SSSR count). The summed E-state index contributed by atoms with van der Waals surface area (Å²) in [5.74, 6) is -0.0868. The van der Waals surface area contributed by atoms with Crippen LogP contribution in [-0.4, -0.2) is 18.1 Å². The summed E-state index contributed by atoms with van der Waals surface area (Å²) >= 11 is 0. The van der Waals surface area contributed by atoms with Crippen LogP contribution in [0.25, 0.3) is 0 Å². The van der Waals surface area contributed by atoms with Crippen molar-refractivity contribution < 1.29 is 9.53 Å². The SMILES string of the molecule is CC(NC(=O)COC(C)(C)C)c1ccccc1. The Morgan fingerprint density at radius 2 is 1.88 bits per heavy atom. The highest BCUT2D eigenvalue weighted by Crippen LogP contribution is 2.11. The van der Waals surface area contributed by atoms with E-state index in [1.807, 2.05) is 58.0 Å². The van der Waals surface area contributed by atoms with E-state index >= 15 is 0 Å². The maximum atomic E-state index is 11.6. The number of amides is 1. The third-order valence-corrected chi connectivity index (χ3v) is 2.31. The number of nitrogens with one attached hydrogen (secondary N) is 1. The first-order chi connectivity index (χ1) is 7.88. The fourth-order valence-corrected chi connectivity index (χ4v) is 1.39. The van der Waals surface area contributed by atoms with E-state index in [0.717, 1.165) is 5.56 Å². The molecule has 94 valence electrons. The first kappa shape index (κ1) is 13.7. The first-order valence-corrected chi connectivity index (χ1v) is 5.87. The summed E-state index contributed by atoms with van der Waals surface area (Å²) < 4.78 is 5.42. The lowest BCUT2D eigenvalue weighted by Gasteiger charge is -2.20. The van der Waals surface area contributed by atoms with Gasteiger partial charge in [0.15, 0.2) is 0 Å². The van der Waals surface area contributed by atoms with Gasteiger partial charge in [-0.25, -0.2) is 0 Å². The van der Waals surface area contributed by atoms with Crippen LogP contribution in [0.3, 0.4) is 0 Å². The lowest BCUT2D eigenvalue weighted by Crippen LogP contribution is -2.33. The number of benzene rings is 1.